The lowest BCUT2D eigenvalue weighted by atomic mass is 9.82. The number of rotatable bonds is 7. The van der Waals surface area contributed by atoms with Gasteiger partial charge in [0.2, 0.25) is 5.79 Å². The summed E-state index contributed by atoms with van der Waals surface area (Å²) in [5.74, 6) is -0.555. The van der Waals surface area contributed by atoms with Crippen molar-refractivity contribution in [2.75, 3.05) is 26.4 Å². The lowest BCUT2D eigenvalue weighted by Crippen LogP contribution is -2.40. The van der Waals surface area contributed by atoms with Crippen LogP contribution in [0.3, 0.4) is 0 Å². The van der Waals surface area contributed by atoms with E-state index in [-0.39, 0.29) is 18.1 Å². The highest BCUT2D eigenvalue weighted by molar-refractivity contribution is 5.44. The summed E-state index contributed by atoms with van der Waals surface area (Å²) in [5.41, 5.74) is 6.24. The Balaban J connectivity index is 1.60. The summed E-state index contributed by atoms with van der Waals surface area (Å²) >= 11 is 0. The minimum absolute atomic E-state index is 0.200. The Bertz CT molecular complexity index is 704. The molecule has 1 aromatic rings. The zero-order valence-corrected chi connectivity index (χ0v) is 16.1. The van der Waals surface area contributed by atoms with Crippen LogP contribution in [0.1, 0.15) is 36.5 Å². The molecule has 4 nitrogen and oxygen atoms in total. The summed E-state index contributed by atoms with van der Waals surface area (Å²) in [7, 11) is 0. The average Bonchev–Trinajstić information content (AvgIpc) is 3.47. The van der Waals surface area contributed by atoms with Gasteiger partial charge in [0.1, 0.15) is 12.2 Å². The SMILES string of the molecule is CC1=CC(OCC2CO2)(OCC2CO2)C(C)=CC1c1cc(C)cc(C)c1. The van der Waals surface area contributed by atoms with E-state index in [9.17, 15) is 0 Å². The van der Waals surface area contributed by atoms with Gasteiger partial charge in [0.25, 0.3) is 0 Å². The number of hydrogen-bond donors (Lipinski definition) is 0. The molecule has 1 aromatic carbocycles. The number of allylic oxidation sites excluding steroid dienone is 2. The fourth-order valence-corrected chi connectivity index (χ4v) is 3.66. The van der Waals surface area contributed by atoms with E-state index in [1.165, 1.54) is 22.3 Å². The van der Waals surface area contributed by atoms with Gasteiger partial charge in [-0.25, -0.2) is 0 Å². The molecule has 3 unspecified atom stereocenters. The zero-order valence-electron chi connectivity index (χ0n) is 16.1. The minimum Gasteiger partial charge on any atom is -0.371 e. The molecule has 2 saturated heterocycles. The Morgan fingerprint density at radius 2 is 1.46 bits per heavy atom. The van der Waals surface area contributed by atoms with E-state index < -0.39 is 5.79 Å². The van der Waals surface area contributed by atoms with E-state index in [1.54, 1.807) is 0 Å². The highest BCUT2D eigenvalue weighted by Gasteiger charge is 2.40. The first kappa shape index (κ1) is 17.9. The van der Waals surface area contributed by atoms with Gasteiger partial charge in [-0.1, -0.05) is 41.0 Å². The molecule has 0 N–H and O–H groups in total. The van der Waals surface area contributed by atoms with Crippen LogP contribution in [-0.2, 0) is 18.9 Å². The van der Waals surface area contributed by atoms with Crippen molar-refractivity contribution >= 4 is 0 Å². The molecule has 140 valence electrons. The van der Waals surface area contributed by atoms with Crippen LogP contribution >= 0.6 is 0 Å². The van der Waals surface area contributed by atoms with Crippen LogP contribution in [-0.4, -0.2) is 44.4 Å². The summed E-state index contributed by atoms with van der Waals surface area (Å²) in [6, 6.07) is 6.75. The Morgan fingerprint density at radius 3 is 1.96 bits per heavy atom. The standard InChI is InChI=1S/C22H28O4/c1-14-5-15(2)7-18(6-14)21-8-17(4)22(9-16(21)3,25-12-19-10-23-19)26-13-20-11-24-20/h5-9,19-21H,10-13H2,1-4H3. The molecule has 2 aliphatic heterocycles. The molecule has 0 aromatic heterocycles. The van der Waals surface area contributed by atoms with Gasteiger partial charge in [-0.05, 0) is 44.9 Å². The van der Waals surface area contributed by atoms with Crippen LogP contribution in [0, 0.1) is 13.8 Å². The summed E-state index contributed by atoms with van der Waals surface area (Å²) < 4.78 is 23.1. The van der Waals surface area contributed by atoms with E-state index in [0.29, 0.717) is 13.2 Å². The van der Waals surface area contributed by atoms with Crippen LogP contribution < -0.4 is 0 Å². The molecule has 0 amide bonds. The third-order valence-electron chi connectivity index (χ3n) is 5.25. The lowest BCUT2D eigenvalue weighted by Gasteiger charge is -2.37. The third kappa shape index (κ3) is 3.94. The molecule has 2 heterocycles. The minimum atomic E-state index is -0.808. The predicted molar refractivity (Wildman–Crippen MR) is 100 cm³/mol. The number of epoxide rings is 2. The van der Waals surface area contributed by atoms with Crippen LogP contribution in [0.15, 0.2) is 41.5 Å². The van der Waals surface area contributed by atoms with Crippen LogP contribution in [0.25, 0.3) is 0 Å². The van der Waals surface area contributed by atoms with Gasteiger partial charge < -0.3 is 18.9 Å². The quantitative estimate of drug-likeness (QED) is 0.423. The molecule has 1 aliphatic carbocycles. The van der Waals surface area contributed by atoms with Crippen LogP contribution in [0.5, 0.6) is 0 Å². The first-order valence-electron chi connectivity index (χ1n) is 9.43. The van der Waals surface area contributed by atoms with Crippen LogP contribution in [0.2, 0.25) is 0 Å². The number of aryl methyl sites for hydroxylation is 2. The zero-order chi connectivity index (χ0) is 18.3. The molecular formula is C22H28O4. The van der Waals surface area contributed by atoms with Crippen molar-refractivity contribution in [2.45, 2.75) is 51.6 Å². The Labute approximate surface area is 155 Å². The highest BCUT2D eigenvalue weighted by Crippen LogP contribution is 2.40. The first-order valence-corrected chi connectivity index (χ1v) is 9.43. The third-order valence-corrected chi connectivity index (χ3v) is 5.25. The number of hydrogen-bond acceptors (Lipinski definition) is 4. The van der Waals surface area contributed by atoms with Crippen molar-refractivity contribution in [1.29, 1.82) is 0 Å². The maximum absolute atomic E-state index is 6.24. The maximum atomic E-state index is 6.24. The Morgan fingerprint density at radius 1 is 0.923 bits per heavy atom. The summed E-state index contributed by atoms with van der Waals surface area (Å²) in [5, 5.41) is 0. The van der Waals surface area contributed by atoms with Gasteiger partial charge in [-0.15, -0.1) is 0 Å². The lowest BCUT2D eigenvalue weighted by molar-refractivity contribution is -0.184. The fraction of sp³-hybridized carbons (Fsp3) is 0.545. The Kier molecular flexibility index (Phi) is 4.78. The maximum Gasteiger partial charge on any atom is 0.211 e. The number of ether oxygens (including phenoxy) is 4. The average molecular weight is 356 g/mol. The smallest absolute Gasteiger partial charge is 0.211 e. The first-order chi connectivity index (χ1) is 12.4. The number of benzene rings is 1. The molecule has 3 atom stereocenters. The van der Waals surface area contributed by atoms with Crippen molar-refractivity contribution in [3.8, 4) is 0 Å². The van der Waals surface area contributed by atoms with Gasteiger partial charge >= 0.3 is 0 Å². The van der Waals surface area contributed by atoms with E-state index in [2.05, 4.69) is 58.0 Å². The van der Waals surface area contributed by atoms with Gasteiger partial charge in [0, 0.05) is 5.92 Å². The molecule has 0 radical (unpaired) electrons. The molecule has 2 fully saturated rings. The summed E-state index contributed by atoms with van der Waals surface area (Å²) in [6.45, 7) is 11.2. The second-order valence-electron chi connectivity index (χ2n) is 7.84. The second kappa shape index (κ2) is 6.93. The van der Waals surface area contributed by atoms with Crippen LogP contribution in [0.4, 0.5) is 0 Å². The molecule has 0 spiro atoms. The molecule has 0 saturated carbocycles. The van der Waals surface area contributed by atoms with Gasteiger partial charge in [0.05, 0.1) is 26.4 Å². The molecular weight excluding hydrogens is 328 g/mol. The van der Waals surface area contributed by atoms with Crippen molar-refractivity contribution in [2.24, 2.45) is 0 Å². The van der Waals surface area contributed by atoms with E-state index >= 15 is 0 Å². The van der Waals surface area contributed by atoms with Crippen molar-refractivity contribution in [3.05, 3.63) is 58.2 Å². The summed E-state index contributed by atoms with van der Waals surface area (Å²) in [4.78, 5) is 0. The molecule has 26 heavy (non-hydrogen) atoms. The fourth-order valence-electron chi connectivity index (χ4n) is 3.66. The van der Waals surface area contributed by atoms with Gasteiger partial charge in [-0.2, -0.15) is 0 Å². The van der Waals surface area contributed by atoms with Gasteiger partial charge in [0.15, 0.2) is 0 Å². The summed E-state index contributed by atoms with van der Waals surface area (Å²) in [6.07, 6.45) is 4.83. The van der Waals surface area contributed by atoms with E-state index in [0.717, 1.165) is 18.8 Å². The van der Waals surface area contributed by atoms with Gasteiger partial charge in [-0.3, -0.25) is 0 Å². The monoisotopic (exact) mass is 356 g/mol. The highest BCUT2D eigenvalue weighted by atomic mass is 16.7. The molecule has 4 heteroatoms. The van der Waals surface area contributed by atoms with E-state index in [1.807, 2.05) is 0 Å². The Hall–Kier alpha value is -1.46. The van der Waals surface area contributed by atoms with Crippen molar-refractivity contribution in [1.82, 2.24) is 0 Å². The predicted octanol–water partition coefficient (Wildman–Crippen LogP) is 3.82. The molecule has 4 rings (SSSR count). The second-order valence-corrected chi connectivity index (χ2v) is 7.84. The topological polar surface area (TPSA) is 43.5 Å². The van der Waals surface area contributed by atoms with E-state index in [4.69, 9.17) is 18.9 Å². The normalized spacial score (nSPS) is 32.8. The molecule has 3 aliphatic rings. The largest absolute Gasteiger partial charge is 0.371 e. The molecule has 0 bridgehead atoms. The van der Waals surface area contributed by atoms with Crippen molar-refractivity contribution < 1.29 is 18.9 Å². The van der Waals surface area contributed by atoms with Crippen molar-refractivity contribution in [3.63, 3.8) is 0 Å².